The molecule has 0 radical (unpaired) electrons. The van der Waals surface area contributed by atoms with E-state index >= 15 is 0 Å². The summed E-state index contributed by atoms with van der Waals surface area (Å²) >= 11 is 0. The molecule has 0 saturated carbocycles. The van der Waals surface area contributed by atoms with Crippen LogP contribution in [0, 0.1) is 0 Å². The number of benzene rings is 2. The molecule has 2 aromatic carbocycles. The van der Waals surface area contributed by atoms with Crippen molar-refractivity contribution >= 4 is 0 Å². The molecule has 2 heteroatoms. The smallest absolute Gasteiger partial charge is 0.0636 e. The number of nitrogens with one attached hydrogen (secondary N) is 1. The summed E-state index contributed by atoms with van der Waals surface area (Å²) in [5.41, 5.74) is 2.65. The van der Waals surface area contributed by atoms with Gasteiger partial charge in [0.1, 0.15) is 0 Å². The molecule has 106 valence electrons. The molecule has 0 aromatic heterocycles. The van der Waals surface area contributed by atoms with E-state index in [-0.39, 0.29) is 6.10 Å². The van der Waals surface area contributed by atoms with Gasteiger partial charge in [0.15, 0.2) is 0 Å². The van der Waals surface area contributed by atoms with Crippen molar-refractivity contribution in [1.82, 2.24) is 5.32 Å². The maximum Gasteiger partial charge on any atom is 0.0636 e. The largest absolute Gasteiger partial charge is 0.392 e. The third-order valence-corrected chi connectivity index (χ3v) is 3.35. The van der Waals surface area contributed by atoms with Gasteiger partial charge in [-0.15, -0.1) is 0 Å². The van der Waals surface area contributed by atoms with Crippen molar-refractivity contribution in [1.29, 1.82) is 0 Å². The molecule has 1 unspecified atom stereocenters. The van der Waals surface area contributed by atoms with E-state index in [4.69, 9.17) is 0 Å². The van der Waals surface area contributed by atoms with Gasteiger partial charge in [-0.25, -0.2) is 0 Å². The summed E-state index contributed by atoms with van der Waals surface area (Å²) in [6.07, 6.45) is 1.63. The molecule has 0 heterocycles. The molecule has 2 rings (SSSR count). The highest BCUT2D eigenvalue weighted by Crippen LogP contribution is 2.09. The van der Waals surface area contributed by atoms with Gasteiger partial charge < -0.3 is 10.4 Å². The third kappa shape index (κ3) is 5.16. The first-order chi connectivity index (χ1) is 9.74. The Bertz CT molecular complexity index is 440. The average molecular weight is 269 g/mol. The minimum absolute atomic E-state index is 0.316. The van der Waals surface area contributed by atoms with Gasteiger partial charge in [0.25, 0.3) is 0 Å². The van der Waals surface area contributed by atoms with Crippen LogP contribution in [0.2, 0.25) is 0 Å². The second-order valence-electron chi connectivity index (χ2n) is 5.33. The van der Waals surface area contributed by atoms with E-state index in [2.05, 4.69) is 53.8 Å². The van der Waals surface area contributed by atoms with Crippen LogP contribution in [0.25, 0.3) is 0 Å². The maximum absolute atomic E-state index is 9.47. The Kier molecular flexibility index (Phi) is 5.78. The number of aliphatic hydroxyl groups is 1. The molecular weight excluding hydrogens is 246 g/mol. The van der Waals surface area contributed by atoms with Crippen LogP contribution in [0.4, 0.5) is 0 Å². The molecule has 0 aliphatic heterocycles. The van der Waals surface area contributed by atoms with Gasteiger partial charge in [0, 0.05) is 12.6 Å². The summed E-state index contributed by atoms with van der Waals surface area (Å²) in [5, 5.41) is 12.9. The molecule has 0 amide bonds. The van der Waals surface area contributed by atoms with E-state index < -0.39 is 0 Å². The topological polar surface area (TPSA) is 32.3 Å². The van der Waals surface area contributed by atoms with E-state index in [9.17, 15) is 5.11 Å². The lowest BCUT2D eigenvalue weighted by Crippen LogP contribution is -2.37. The average Bonchev–Trinajstić information content (AvgIpc) is 2.47. The lowest BCUT2D eigenvalue weighted by Gasteiger charge is -2.20. The minimum atomic E-state index is -0.316. The van der Waals surface area contributed by atoms with Crippen molar-refractivity contribution in [2.24, 2.45) is 0 Å². The molecule has 0 saturated heterocycles. The number of hydrogen-bond acceptors (Lipinski definition) is 2. The first-order valence-corrected chi connectivity index (χ1v) is 7.23. The van der Waals surface area contributed by atoms with Gasteiger partial charge in [-0.1, -0.05) is 60.7 Å². The Morgan fingerprint density at radius 1 is 0.850 bits per heavy atom. The Morgan fingerprint density at radius 2 is 1.30 bits per heavy atom. The van der Waals surface area contributed by atoms with Crippen molar-refractivity contribution < 1.29 is 5.11 Å². The minimum Gasteiger partial charge on any atom is -0.392 e. The molecule has 0 aliphatic rings. The normalized spacial score (nSPS) is 12.6. The standard InChI is InChI=1S/C18H23NO/c1-15(20)14-19-18(12-16-8-4-2-5-9-16)13-17-10-6-3-7-11-17/h2-11,15,18-20H,12-14H2,1H3. The third-order valence-electron chi connectivity index (χ3n) is 3.35. The summed E-state index contributed by atoms with van der Waals surface area (Å²) in [7, 11) is 0. The highest BCUT2D eigenvalue weighted by atomic mass is 16.3. The highest BCUT2D eigenvalue weighted by Gasteiger charge is 2.11. The van der Waals surface area contributed by atoms with Crippen molar-refractivity contribution in [3.63, 3.8) is 0 Å². The van der Waals surface area contributed by atoms with Crippen LogP contribution in [0.3, 0.4) is 0 Å². The molecule has 2 N–H and O–H groups in total. The molecule has 20 heavy (non-hydrogen) atoms. The number of hydrogen-bond donors (Lipinski definition) is 2. The van der Waals surface area contributed by atoms with Crippen LogP contribution >= 0.6 is 0 Å². The molecule has 0 spiro atoms. The molecule has 2 nitrogen and oxygen atoms in total. The van der Waals surface area contributed by atoms with E-state index in [1.165, 1.54) is 11.1 Å². The Labute approximate surface area is 121 Å². The quantitative estimate of drug-likeness (QED) is 0.810. The van der Waals surface area contributed by atoms with Gasteiger partial charge in [-0.3, -0.25) is 0 Å². The van der Waals surface area contributed by atoms with Crippen LogP contribution < -0.4 is 5.32 Å². The lowest BCUT2D eigenvalue weighted by molar-refractivity contribution is 0.185. The van der Waals surface area contributed by atoms with Crippen molar-refractivity contribution in [2.75, 3.05) is 6.54 Å². The highest BCUT2D eigenvalue weighted by molar-refractivity contribution is 5.19. The van der Waals surface area contributed by atoms with Crippen LogP contribution in [-0.2, 0) is 12.8 Å². The van der Waals surface area contributed by atoms with Crippen LogP contribution in [0.15, 0.2) is 60.7 Å². The van der Waals surface area contributed by atoms with E-state index in [0.717, 1.165) is 12.8 Å². The summed E-state index contributed by atoms with van der Waals surface area (Å²) in [6.45, 7) is 2.44. The fraction of sp³-hybridized carbons (Fsp3) is 0.333. The predicted octanol–water partition coefficient (Wildman–Crippen LogP) is 2.81. The molecular formula is C18H23NO. The Morgan fingerprint density at radius 3 is 1.70 bits per heavy atom. The van der Waals surface area contributed by atoms with Gasteiger partial charge in [0.05, 0.1) is 6.10 Å². The first-order valence-electron chi connectivity index (χ1n) is 7.23. The zero-order valence-corrected chi connectivity index (χ0v) is 12.0. The summed E-state index contributed by atoms with van der Waals surface area (Å²) in [4.78, 5) is 0. The lowest BCUT2D eigenvalue weighted by atomic mass is 9.99. The zero-order valence-electron chi connectivity index (χ0n) is 12.0. The Balaban J connectivity index is 2.00. The summed E-state index contributed by atoms with van der Waals surface area (Å²) < 4.78 is 0. The van der Waals surface area contributed by atoms with Gasteiger partial charge in [-0.2, -0.15) is 0 Å². The van der Waals surface area contributed by atoms with Crippen molar-refractivity contribution in [3.8, 4) is 0 Å². The van der Waals surface area contributed by atoms with Crippen LogP contribution in [0.5, 0.6) is 0 Å². The number of aliphatic hydroxyl groups excluding tert-OH is 1. The first kappa shape index (κ1) is 14.8. The molecule has 0 aliphatic carbocycles. The second-order valence-corrected chi connectivity index (χ2v) is 5.33. The van der Waals surface area contributed by atoms with Crippen LogP contribution in [-0.4, -0.2) is 23.8 Å². The monoisotopic (exact) mass is 269 g/mol. The van der Waals surface area contributed by atoms with E-state index in [1.54, 1.807) is 0 Å². The van der Waals surface area contributed by atoms with Crippen molar-refractivity contribution in [3.05, 3.63) is 71.8 Å². The van der Waals surface area contributed by atoms with Gasteiger partial charge in [-0.05, 0) is 30.9 Å². The van der Waals surface area contributed by atoms with Crippen molar-refractivity contribution in [2.45, 2.75) is 31.9 Å². The summed E-state index contributed by atoms with van der Waals surface area (Å²) in [6, 6.07) is 21.3. The fourth-order valence-electron chi connectivity index (χ4n) is 2.35. The SMILES string of the molecule is CC(O)CNC(Cc1ccccc1)Cc1ccccc1. The van der Waals surface area contributed by atoms with E-state index in [0.29, 0.717) is 12.6 Å². The Hall–Kier alpha value is -1.64. The second kappa shape index (κ2) is 7.83. The molecule has 2 aromatic rings. The van der Waals surface area contributed by atoms with Gasteiger partial charge in [0.2, 0.25) is 0 Å². The maximum atomic E-state index is 9.47. The zero-order chi connectivity index (χ0) is 14.2. The number of rotatable bonds is 7. The van der Waals surface area contributed by atoms with E-state index in [1.807, 2.05) is 19.1 Å². The van der Waals surface area contributed by atoms with Crippen LogP contribution in [0.1, 0.15) is 18.1 Å². The predicted molar refractivity (Wildman–Crippen MR) is 83.8 cm³/mol. The summed E-state index contributed by atoms with van der Waals surface area (Å²) in [5.74, 6) is 0. The molecule has 0 bridgehead atoms. The molecule has 0 fully saturated rings. The van der Waals surface area contributed by atoms with Gasteiger partial charge >= 0.3 is 0 Å². The fourth-order valence-corrected chi connectivity index (χ4v) is 2.35. The molecule has 1 atom stereocenters.